The van der Waals surface area contributed by atoms with Crippen LogP contribution in [-0.4, -0.2) is 64.8 Å². The van der Waals surface area contributed by atoms with Crippen molar-refractivity contribution in [1.29, 1.82) is 0 Å². The van der Waals surface area contributed by atoms with Crippen LogP contribution in [0.3, 0.4) is 0 Å². The molecule has 1 aliphatic rings. The van der Waals surface area contributed by atoms with E-state index < -0.39 is 0 Å². The maximum absolute atomic E-state index is 12.7. The lowest BCUT2D eigenvalue weighted by molar-refractivity contribution is -0.133. The maximum Gasteiger partial charge on any atom is 0.244 e. The second kappa shape index (κ2) is 8.87. The number of para-hydroxylation sites is 2. The number of nitrogens with zero attached hydrogens (tertiary/aromatic N) is 4. The van der Waals surface area contributed by atoms with Gasteiger partial charge in [0.05, 0.1) is 11.7 Å². The Morgan fingerprint density at radius 1 is 0.966 bits per heavy atom. The Kier molecular flexibility index (Phi) is 5.86. The van der Waals surface area contributed by atoms with Crippen molar-refractivity contribution in [2.45, 2.75) is 6.54 Å². The van der Waals surface area contributed by atoms with Crippen LogP contribution >= 0.6 is 0 Å². The minimum absolute atomic E-state index is 0.0199. The van der Waals surface area contributed by atoms with Gasteiger partial charge in [-0.15, -0.1) is 0 Å². The largest absolute Gasteiger partial charge is 0.492 e. The maximum atomic E-state index is 12.7. The predicted octanol–water partition coefficient (Wildman–Crippen LogP) is 1.62. The van der Waals surface area contributed by atoms with Gasteiger partial charge in [0, 0.05) is 38.1 Å². The summed E-state index contributed by atoms with van der Waals surface area (Å²) in [6.07, 6.45) is 1.28. The highest BCUT2D eigenvalue weighted by atomic mass is 16.5. The summed E-state index contributed by atoms with van der Waals surface area (Å²) in [5.41, 5.74) is 0.556. The Hall–Kier alpha value is -3.19. The first-order valence-corrected chi connectivity index (χ1v) is 9.83. The molecule has 0 radical (unpaired) electrons. The van der Waals surface area contributed by atoms with Gasteiger partial charge in [-0.05, 0) is 24.3 Å². The fourth-order valence-electron chi connectivity index (χ4n) is 3.55. The lowest BCUT2D eigenvalue weighted by Gasteiger charge is -2.34. The summed E-state index contributed by atoms with van der Waals surface area (Å²) in [5.74, 6) is 0.897. The van der Waals surface area contributed by atoms with Gasteiger partial charge in [0.1, 0.15) is 18.9 Å². The number of carbonyl (C=O) groups is 1. The molecule has 1 amide bonds. The average molecular weight is 392 g/mol. The van der Waals surface area contributed by atoms with Crippen molar-refractivity contribution < 1.29 is 9.53 Å². The quantitative estimate of drug-likeness (QED) is 0.638. The van der Waals surface area contributed by atoms with E-state index in [1.54, 1.807) is 10.7 Å². The molecule has 0 spiro atoms. The second-order valence-electron chi connectivity index (χ2n) is 7.07. The number of rotatable bonds is 6. The molecule has 1 saturated heterocycles. The van der Waals surface area contributed by atoms with Crippen LogP contribution in [0.25, 0.3) is 10.9 Å². The molecule has 3 aromatic rings. The van der Waals surface area contributed by atoms with E-state index in [1.807, 2.05) is 53.4 Å². The summed E-state index contributed by atoms with van der Waals surface area (Å²) in [6, 6.07) is 17.0. The van der Waals surface area contributed by atoms with Gasteiger partial charge in [0.25, 0.3) is 0 Å². The minimum Gasteiger partial charge on any atom is -0.492 e. The van der Waals surface area contributed by atoms with Crippen molar-refractivity contribution in [2.75, 3.05) is 39.3 Å². The van der Waals surface area contributed by atoms with Crippen LogP contribution in [0.1, 0.15) is 0 Å². The van der Waals surface area contributed by atoms with E-state index in [-0.39, 0.29) is 17.9 Å². The molecule has 0 bridgehead atoms. The highest BCUT2D eigenvalue weighted by Gasteiger charge is 2.21. The van der Waals surface area contributed by atoms with Gasteiger partial charge in [-0.2, -0.15) is 5.10 Å². The van der Waals surface area contributed by atoms with Gasteiger partial charge >= 0.3 is 0 Å². The third-order valence-corrected chi connectivity index (χ3v) is 5.19. The van der Waals surface area contributed by atoms with Gasteiger partial charge in [0.15, 0.2) is 0 Å². The summed E-state index contributed by atoms with van der Waals surface area (Å²) in [7, 11) is 0. The van der Waals surface area contributed by atoms with Crippen LogP contribution in [0.4, 0.5) is 0 Å². The molecule has 150 valence electrons. The van der Waals surface area contributed by atoms with Crippen molar-refractivity contribution in [3.63, 3.8) is 0 Å². The average Bonchev–Trinajstić information content (AvgIpc) is 2.77. The molecule has 1 aromatic heterocycles. The molecule has 4 rings (SSSR count). The zero-order valence-electron chi connectivity index (χ0n) is 16.2. The number of fused-ring (bicyclic) bond motifs is 1. The number of amides is 1. The van der Waals surface area contributed by atoms with E-state index in [1.165, 1.54) is 6.20 Å². The molecule has 29 heavy (non-hydrogen) atoms. The second-order valence-corrected chi connectivity index (χ2v) is 7.07. The zero-order valence-corrected chi connectivity index (χ0v) is 16.2. The number of ether oxygens (including phenoxy) is 1. The van der Waals surface area contributed by atoms with Crippen molar-refractivity contribution in [3.05, 3.63) is 71.0 Å². The Morgan fingerprint density at radius 2 is 1.69 bits per heavy atom. The lowest BCUT2D eigenvalue weighted by atomic mass is 10.2. The number of aromatic nitrogens is 2. The predicted molar refractivity (Wildman–Crippen MR) is 111 cm³/mol. The summed E-state index contributed by atoms with van der Waals surface area (Å²) in [4.78, 5) is 28.9. The molecule has 0 unspecified atom stereocenters. The standard InChI is InChI=1S/C22H24N4O3/c27-21-16-23-26(20-9-5-4-8-19(20)21)17-22(28)25-12-10-24(11-13-25)14-15-29-18-6-2-1-3-7-18/h1-9,16H,10-15,17H2. The van der Waals surface area contributed by atoms with Crippen LogP contribution in [-0.2, 0) is 11.3 Å². The molecule has 0 N–H and O–H groups in total. The number of piperazine rings is 1. The molecule has 2 aromatic carbocycles. The SMILES string of the molecule is O=C(Cn1ncc(=O)c2ccccc21)N1CCN(CCOc2ccccc2)CC1. The number of benzene rings is 2. The van der Waals surface area contributed by atoms with Crippen LogP contribution in [0.15, 0.2) is 65.6 Å². The Bertz CT molecular complexity index is 1030. The number of hydrogen-bond acceptors (Lipinski definition) is 5. The number of carbonyl (C=O) groups excluding carboxylic acids is 1. The molecule has 0 saturated carbocycles. The topological polar surface area (TPSA) is 67.7 Å². The van der Waals surface area contributed by atoms with Gasteiger partial charge in [-0.25, -0.2) is 0 Å². The highest BCUT2D eigenvalue weighted by molar-refractivity contribution is 5.81. The van der Waals surface area contributed by atoms with Crippen LogP contribution in [0, 0.1) is 0 Å². The van der Waals surface area contributed by atoms with Crippen molar-refractivity contribution in [3.8, 4) is 5.75 Å². The van der Waals surface area contributed by atoms with E-state index in [0.29, 0.717) is 30.6 Å². The highest BCUT2D eigenvalue weighted by Crippen LogP contribution is 2.11. The van der Waals surface area contributed by atoms with E-state index in [4.69, 9.17) is 4.74 Å². The normalized spacial score (nSPS) is 14.8. The number of hydrogen-bond donors (Lipinski definition) is 0. The molecule has 0 atom stereocenters. The van der Waals surface area contributed by atoms with Crippen LogP contribution in [0.5, 0.6) is 5.75 Å². The Morgan fingerprint density at radius 3 is 2.48 bits per heavy atom. The van der Waals surface area contributed by atoms with Gasteiger partial charge < -0.3 is 9.64 Å². The van der Waals surface area contributed by atoms with Crippen LogP contribution in [0.2, 0.25) is 0 Å². The van der Waals surface area contributed by atoms with E-state index >= 15 is 0 Å². The van der Waals surface area contributed by atoms with Crippen molar-refractivity contribution in [1.82, 2.24) is 19.6 Å². The fraction of sp³-hybridized carbons (Fsp3) is 0.318. The molecule has 2 heterocycles. The fourth-order valence-corrected chi connectivity index (χ4v) is 3.55. The van der Waals surface area contributed by atoms with Gasteiger partial charge in [0.2, 0.25) is 11.3 Å². The zero-order chi connectivity index (χ0) is 20.1. The first-order chi connectivity index (χ1) is 14.2. The van der Waals surface area contributed by atoms with Crippen LogP contribution < -0.4 is 10.2 Å². The minimum atomic E-state index is -0.129. The smallest absolute Gasteiger partial charge is 0.244 e. The summed E-state index contributed by atoms with van der Waals surface area (Å²) in [6.45, 7) is 4.61. The third kappa shape index (κ3) is 4.63. The molecule has 1 fully saturated rings. The first kappa shape index (κ1) is 19.1. The molecular weight excluding hydrogens is 368 g/mol. The lowest BCUT2D eigenvalue weighted by Crippen LogP contribution is -2.50. The molecular formula is C22H24N4O3. The van der Waals surface area contributed by atoms with Crippen molar-refractivity contribution >= 4 is 16.8 Å². The van der Waals surface area contributed by atoms with E-state index in [0.717, 1.165) is 25.4 Å². The monoisotopic (exact) mass is 392 g/mol. The van der Waals surface area contributed by atoms with E-state index in [9.17, 15) is 9.59 Å². The van der Waals surface area contributed by atoms with Crippen molar-refractivity contribution in [2.24, 2.45) is 0 Å². The third-order valence-electron chi connectivity index (χ3n) is 5.19. The van der Waals surface area contributed by atoms with Gasteiger partial charge in [-0.3, -0.25) is 19.2 Å². The Labute approximate surface area is 169 Å². The van der Waals surface area contributed by atoms with E-state index in [2.05, 4.69) is 10.00 Å². The Balaban J connectivity index is 1.28. The summed E-state index contributed by atoms with van der Waals surface area (Å²) in [5, 5.41) is 4.74. The molecule has 0 aliphatic carbocycles. The summed E-state index contributed by atoms with van der Waals surface area (Å²) < 4.78 is 7.36. The molecule has 1 aliphatic heterocycles. The molecule has 7 nitrogen and oxygen atoms in total. The van der Waals surface area contributed by atoms with Gasteiger partial charge in [-0.1, -0.05) is 30.3 Å². The first-order valence-electron chi connectivity index (χ1n) is 9.83. The molecule has 7 heteroatoms. The summed E-state index contributed by atoms with van der Waals surface area (Å²) >= 11 is 0.